The molecule has 1 saturated heterocycles. The molecule has 35 heavy (non-hydrogen) atoms. The molecule has 0 amide bonds. The summed E-state index contributed by atoms with van der Waals surface area (Å²) in [5.41, 5.74) is 4.46. The van der Waals surface area contributed by atoms with Crippen LogP contribution in [0.4, 0.5) is 0 Å². The minimum absolute atomic E-state index is 0.0193. The maximum atomic E-state index is 9.75. The van der Waals surface area contributed by atoms with E-state index in [0.29, 0.717) is 10.8 Å². The molecular formula is C29H29ClN2O3. The van der Waals surface area contributed by atoms with Gasteiger partial charge in [-0.05, 0) is 61.0 Å². The van der Waals surface area contributed by atoms with Gasteiger partial charge in [0.05, 0.1) is 5.02 Å². The van der Waals surface area contributed by atoms with Crippen molar-refractivity contribution < 1.29 is 14.4 Å². The molecule has 3 aromatic carbocycles. The number of likely N-dealkylation sites (tertiary alicyclic amines) is 1. The molecule has 1 aromatic heterocycles. The van der Waals surface area contributed by atoms with Crippen molar-refractivity contribution in [3.8, 4) is 34.1 Å². The van der Waals surface area contributed by atoms with Crippen LogP contribution in [-0.4, -0.2) is 40.9 Å². The SMILES string of the molecule is CCCN1CC(Oc2ccc([C@H](C)c3c(-c4ccccc4Cl)noc3-c3ccc(O)cc3)cc2)C1. The van der Waals surface area contributed by atoms with E-state index in [1.54, 1.807) is 12.1 Å². The molecule has 1 atom stereocenters. The maximum Gasteiger partial charge on any atom is 0.171 e. The second-order valence-corrected chi connectivity index (χ2v) is 9.50. The van der Waals surface area contributed by atoms with Crippen LogP contribution in [0.2, 0.25) is 5.02 Å². The summed E-state index contributed by atoms with van der Waals surface area (Å²) in [6.07, 6.45) is 1.43. The zero-order chi connectivity index (χ0) is 24.4. The van der Waals surface area contributed by atoms with E-state index >= 15 is 0 Å². The van der Waals surface area contributed by atoms with Gasteiger partial charge in [0, 0.05) is 35.7 Å². The van der Waals surface area contributed by atoms with Crippen LogP contribution in [0.25, 0.3) is 22.6 Å². The second kappa shape index (κ2) is 10.1. The van der Waals surface area contributed by atoms with E-state index in [9.17, 15) is 5.11 Å². The van der Waals surface area contributed by atoms with Crippen LogP contribution in [0.5, 0.6) is 11.5 Å². The zero-order valence-corrected chi connectivity index (χ0v) is 20.7. The Bertz CT molecular complexity index is 1280. The van der Waals surface area contributed by atoms with Crippen molar-refractivity contribution in [2.24, 2.45) is 0 Å². The summed E-state index contributed by atoms with van der Waals surface area (Å²) < 4.78 is 12.0. The molecule has 180 valence electrons. The first-order chi connectivity index (χ1) is 17.0. The molecule has 5 rings (SSSR count). The van der Waals surface area contributed by atoms with Crippen molar-refractivity contribution >= 4 is 11.6 Å². The Labute approximate surface area is 210 Å². The summed E-state index contributed by atoms with van der Waals surface area (Å²) in [5, 5.41) is 14.8. The van der Waals surface area contributed by atoms with Crippen molar-refractivity contribution in [2.45, 2.75) is 32.3 Å². The molecule has 0 saturated carbocycles. The van der Waals surface area contributed by atoms with Crippen LogP contribution < -0.4 is 4.74 Å². The molecule has 2 heterocycles. The number of aromatic hydroxyl groups is 1. The third kappa shape index (κ3) is 4.93. The van der Waals surface area contributed by atoms with Crippen LogP contribution in [0.15, 0.2) is 77.3 Å². The van der Waals surface area contributed by atoms with Crippen molar-refractivity contribution in [2.75, 3.05) is 19.6 Å². The lowest BCUT2D eigenvalue weighted by Gasteiger charge is -2.38. The van der Waals surface area contributed by atoms with Gasteiger partial charge >= 0.3 is 0 Å². The maximum absolute atomic E-state index is 9.75. The Kier molecular flexibility index (Phi) is 6.80. The highest BCUT2D eigenvalue weighted by Crippen LogP contribution is 2.42. The Morgan fingerprint density at radius 2 is 1.77 bits per heavy atom. The van der Waals surface area contributed by atoms with Gasteiger partial charge in [0.2, 0.25) is 0 Å². The van der Waals surface area contributed by atoms with Gasteiger partial charge in [-0.1, -0.05) is 60.9 Å². The fourth-order valence-corrected chi connectivity index (χ4v) is 4.88. The van der Waals surface area contributed by atoms with Crippen LogP contribution in [0.3, 0.4) is 0 Å². The van der Waals surface area contributed by atoms with Crippen LogP contribution >= 0.6 is 11.6 Å². The molecule has 1 aliphatic rings. The summed E-state index contributed by atoms with van der Waals surface area (Å²) in [7, 11) is 0. The lowest BCUT2D eigenvalue weighted by molar-refractivity contribution is 0.0202. The summed E-state index contributed by atoms with van der Waals surface area (Å²) in [6, 6.07) is 22.9. The number of aromatic nitrogens is 1. The predicted octanol–water partition coefficient (Wildman–Crippen LogP) is 6.99. The van der Waals surface area contributed by atoms with Gasteiger partial charge in [-0.2, -0.15) is 0 Å². The van der Waals surface area contributed by atoms with Gasteiger partial charge in [0.1, 0.15) is 23.3 Å². The minimum Gasteiger partial charge on any atom is -0.508 e. The topological polar surface area (TPSA) is 58.7 Å². The normalized spacial score (nSPS) is 15.1. The predicted molar refractivity (Wildman–Crippen MR) is 139 cm³/mol. The third-order valence-electron chi connectivity index (χ3n) is 6.57. The highest BCUT2D eigenvalue weighted by molar-refractivity contribution is 6.33. The quantitative estimate of drug-likeness (QED) is 0.289. The Morgan fingerprint density at radius 1 is 1.06 bits per heavy atom. The van der Waals surface area contributed by atoms with Crippen LogP contribution in [0.1, 0.15) is 37.3 Å². The monoisotopic (exact) mass is 488 g/mol. The van der Waals surface area contributed by atoms with E-state index in [4.69, 9.17) is 20.9 Å². The first-order valence-electron chi connectivity index (χ1n) is 12.1. The Hall–Kier alpha value is -3.28. The van der Waals surface area contributed by atoms with Crippen molar-refractivity contribution in [1.29, 1.82) is 0 Å². The molecule has 0 unspecified atom stereocenters. The van der Waals surface area contributed by atoms with Crippen LogP contribution in [0, 0.1) is 0 Å². The molecular weight excluding hydrogens is 460 g/mol. The van der Waals surface area contributed by atoms with E-state index in [2.05, 4.69) is 36.0 Å². The summed E-state index contributed by atoms with van der Waals surface area (Å²) in [5.74, 6) is 1.74. The molecule has 1 aliphatic heterocycles. The fourth-order valence-electron chi connectivity index (χ4n) is 4.66. The number of phenolic OH excluding ortho intramolecular Hbond substituents is 1. The molecule has 1 N–H and O–H groups in total. The van der Waals surface area contributed by atoms with Gasteiger partial charge in [0.15, 0.2) is 5.76 Å². The average molecular weight is 489 g/mol. The molecule has 4 aromatic rings. The number of benzene rings is 3. The van der Waals surface area contributed by atoms with E-state index in [-0.39, 0.29) is 17.8 Å². The highest BCUT2D eigenvalue weighted by Gasteiger charge is 2.28. The number of ether oxygens (including phenoxy) is 1. The molecule has 5 nitrogen and oxygen atoms in total. The molecule has 0 aliphatic carbocycles. The first kappa shape index (κ1) is 23.5. The van der Waals surface area contributed by atoms with Gasteiger partial charge in [-0.15, -0.1) is 0 Å². The number of rotatable bonds is 8. The summed E-state index contributed by atoms with van der Waals surface area (Å²) >= 11 is 6.54. The molecule has 0 bridgehead atoms. The van der Waals surface area contributed by atoms with E-state index in [1.165, 1.54) is 6.42 Å². The number of phenols is 1. The van der Waals surface area contributed by atoms with Gasteiger partial charge in [-0.3, -0.25) is 4.90 Å². The van der Waals surface area contributed by atoms with Crippen molar-refractivity contribution in [3.05, 3.63) is 88.9 Å². The number of nitrogens with zero attached hydrogens (tertiary/aromatic N) is 2. The van der Waals surface area contributed by atoms with Gasteiger partial charge in [0.25, 0.3) is 0 Å². The number of hydrogen-bond acceptors (Lipinski definition) is 5. The van der Waals surface area contributed by atoms with E-state index in [1.807, 2.05) is 48.5 Å². The smallest absolute Gasteiger partial charge is 0.171 e. The molecule has 6 heteroatoms. The standard InChI is InChI=1S/C29H29ClN2O3/c1-3-16-32-17-24(18-32)34-23-14-10-20(11-15-23)19(2)27-28(25-6-4-5-7-26(25)30)31-35-29(27)21-8-12-22(33)13-9-21/h4-15,19,24,33H,3,16-18H2,1-2H3/t19-/m0/s1. The lowest BCUT2D eigenvalue weighted by Crippen LogP contribution is -2.53. The summed E-state index contributed by atoms with van der Waals surface area (Å²) in [6.45, 7) is 7.45. The van der Waals surface area contributed by atoms with Crippen molar-refractivity contribution in [1.82, 2.24) is 10.1 Å². The zero-order valence-electron chi connectivity index (χ0n) is 19.9. The Morgan fingerprint density at radius 3 is 2.46 bits per heavy atom. The largest absolute Gasteiger partial charge is 0.508 e. The Balaban J connectivity index is 1.45. The first-order valence-corrected chi connectivity index (χ1v) is 12.4. The van der Waals surface area contributed by atoms with E-state index < -0.39 is 0 Å². The van der Waals surface area contributed by atoms with Gasteiger partial charge in [-0.25, -0.2) is 0 Å². The number of halogens is 1. The molecule has 0 spiro atoms. The highest BCUT2D eigenvalue weighted by atomic mass is 35.5. The van der Waals surface area contributed by atoms with Gasteiger partial charge < -0.3 is 14.4 Å². The fraction of sp³-hybridized carbons (Fsp3) is 0.276. The van der Waals surface area contributed by atoms with Crippen LogP contribution in [-0.2, 0) is 0 Å². The second-order valence-electron chi connectivity index (χ2n) is 9.09. The lowest BCUT2D eigenvalue weighted by atomic mass is 9.88. The third-order valence-corrected chi connectivity index (χ3v) is 6.90. The summed E-state index contributed by atoms with van der Waals surface area (Å²) in [4.78, 5) is 2.41. The average Bonchev–Trinajstić information content (AvgIpc) is 3.28. The molecule has 1 fully saturated rings. The van der Waals surface area contributed by atoms with Crippen molar-refractivity contribution in [3.63, 3.8) is 0 Å². The minimum atomic E-state index is -0.0193. The molecule has 0 radical (unpaired) electrons. The number of hydrogen-bond donors (Lipinski definition) is 1. The van der Waals surface area contributed by atoms with E-state index in [0.717, 1.165) is 53.3 Å².